The van der Waals surface area contributed by atoms with Gasteiger partial charge in [-0.2, -0.15) is 4.98 Å². The summed E-state index contributed by atoms with van der Waals surface area (Å²) in [5.74, 6) is 1.74. The number of hydrogen-bond acceptors (Lipinski definition) is 6. The van der Waals surface area contributed by atoms with Crippen LogP contribution in [-0.4, -0.2) is 33.2 Å². The molecule has 6 nitrogen and oxygen atoms in total. The molecule has 0 aliphatic rings. The van der Waals surface area contributed by atoms with Gasteiger partial charge in [-0.15, -0.1) is 0 Å². The highest BCUT2D eigenvalue weighted by Gasteiger charge is 2.09. The highest BCUT2D eigenvalue weighted by atomic mass is 16.3. The number of nitrogens with one attached hydrogen (secondary N) is 2. The number of aryl methyl sites for hydroxylation is 1. The predicted octanol–water partition coefficient (Wildman–Crippen LogP) is 4.51. The molecule has 0 radical (unpaired) electrons. The van der Waals surface area contributed by atoms with Gasteiger partial charge in [-0.3, -0.25) is 4.98 Å². The van der Waals surface area contributed by atoms with E-state index < -0.39 is 0 Å². The minimum Gasteiger partial charge on any atom is -0.396 e. The van der Waals surface area contributed by atoms with E-state index in [-0.39, 0.29) is 6.61 Å². The average molecular weight is 377 g/mol. The van der Waals surface area contributed by atoms with Gasteiger partial charge in [0, 0.05) is 42.9 Å². The van der Waals surface area contributed by atoms with Gasteiger partial charge in [-0.05, 0) is 54.7 Å². The molecule has 0 saturated carbocycles. The lowest BCUT2D eigenvalue weighted by Gasteiger charge is -2.14. The maximum atomic E-state index is 9.01. The fraction of sp³-hybridized carbons (Fsp3) is 0.318. The Bertz CT molecular complexity index is 912. The van der Waals surface area contributed by atoms with Crippen LogP contribution in [0, 0.1) is 6.92 Å². The number of pyridine rings is 1. The second-order valence-corrected chi connectivity index (χ2v) is 7.05. The summed E-state index contributed by atoms with van der Waals surface area (Å²) in [4.78, 5) is 13.3. The van der Waals surface area contributed by atoms with Gasteiger partial charge in [0.05, 0.1) is 5.69 Å². The molecule has 0 fully saturated rings. The van der Waals surface area contributed by atoms with Gasteiger partial charge in [0.2, 0.25) is 5.95 Å². The van der Waals surface area contributed by atoms with Crippen molar-refractivity contribution in [2.45, 2.75) is 33.1 Å². The molecule has 0 atom stereocenters. The monoisotopic (exact) mass is 377 g/mol. The largest absolute Gasteiger partial charge is 0.396 e. The molecule has 0 saturated heterocycles. The van der Waals surface area contributed by atoms with Crippen molar-refractivity contribution in [2.75, 3.05) is 23.8 Å². The minimum atomic E-state index is 0.129. The number of aliphatic hydroxyl groups excluding tert-OH is 1. The molecule has 0 aliphatic heterocycles. The zero-order chi connectivity index (χ0) is 19.9. The number of aliphatic hydroxyl groups is 1. The third-order valence-electron chi connectivity index (χ3n) is 4.48. The van der Waals surface area contributed by atoms with Crippen LogP contribution in [0.4, 0.5) is 17.5 Å². The molecule has 3 aromatic rings. The Morgan fingerprint density at radius 3 is 2.50 bits per heavy atom. The van der Waals surface area contributed by atoms with Crippen LogP contribution < -0.4 is 10.6 Å². The van der Waals surface area contributed by atoms with Gasteiger partial charge in [0.1, 0.15) is 5.82 Å². The maximum absolute atomic E-state index is 9.01. The molecule has 0 bridgehead atoms. The fourth-order valence-electron chi connectivity index (χ4n) is 3.09. The summed E-state index contributed by atoms with van der Waals surface area (Å²) in [5.41, 5.74) is 5.36. The van der Waals surface area contributed by atoms with Crippen LogP contribution in [0.15, 0.2) is 48.8 Å². The average Bonchev–Trinajstić information content (AvgIpc) is 2.68. The Balaban J connectivity index is 1.90. The molecule has 6 heteroatoms. The Labute approximate surface area is 166 Å². The number of anilines is 3. The first-order valence-corrected chi connectivity index (χ1v) is 9.58. The van der Waals surface area contributed by atoms with Gasteiger partial charge in [0.25, 0.3) is 0 Å². The van der Waals surface area contributed by atoms with Crippen molar-refractivity contribution in [3.05, 3.63) is 59.9 Å². The van der Waals surface area contributed by atoms with Crippen LogP contribution in [0.3, 0.4) is 0 Å². The molecule has 146 valence electrons. The van der Waals surface area contributed by atoms with E-state index in [2.05, 4.69) is 64.6 Å². The van der Waals surface area contributed by atoms with Crippen molar-refractivity contribution in [1.82, 2.24) is 15.0 Å². The van der Waals surface area contributed by atoms with E-state index in [0.29, 0.717) is 30.6 Å². The molecule has 1 aromatic carbocycles. The summed E-state index contributed by atoms with van der Waals surface area (Å²) >= 11 is 0. The van der Waals surface area contributed by atoms with Crippen LogP contribution >= 0.6 is 0 Å². The van der Waals surface area contributed by atoms with Gasteiger partial charge >= 0.3 is 0 Å². The number of benzene rings is 1. The van der Waals surface area contributed by atoms with Crippen molar-refractivity contribution >= 4 is 17.5 Å². The van der Waals surface area contributed by atoms with Crippen molar-refractivity contribution in [3.8, 4) is 11.3 Å². The van der Waals surface area contributed by atoms with Gasteiger partial charge < -0.3 is 15.7 Å². The molecule has 0 amide bonds. The minimum absolute atomic E-state index is 0.129. The summed E-state index contributed by atoms with van der Waals surface area (Å²) < 4.78 is 0. The smallest absolute Gasteiger partial charge is 0.225 e. The third-order valence-corrected chi connectivity index (χ3v) is 4.48. The van der Waals surface area contributed by atoms with E-state index in [4.69, 9.17) is 5.11 Å². The van der Waals surface area contributed by atoms with Crippen LogP contribution in [0.1, 0.15) is 37.3 Å². The second kappa shape index (κ2) is 9.28. The Morgan fingerprint density at radius 2 is 1.82 bits per heavy atom. The molecule has 2 aromatic heterocycles. The predicted molar refractivity (Wildman–Crippen MR) is 114 cm³/mol. The summed E-state index contributed by atoms with van der Waals surface area (Å²) in [7, 11) is 0. The first kappa shape index (κ1) is 19.8. The molecule has 0 aliphatic carbocycles. The van der Waals surface area contributed by atoms with Gasteiger partial charge in [-0.1, -0.05) is 19.9 Å². The van der Waals surface area contributed by atoms with Crippen molar-refractivity contribution in [2.24, 2.45) is 0 Å². The molecular formula is C22H27N5O. The lowest BCUT2D eigenvalue weighted by molar-refractivity contribution is 0.292. The number of rotatable bonds is 8. The summed E-state index contributed by atoms with van der Waals surface area (Å²) in [5, 5.41) is 15.6. The number of nitrogens with zero attached hydrogens (tertiary/aromatic N) is 3. The summed E-state index contributed by atoms with van der Waals surface area (Å²) in [6, 6.07) is 12.2. The molecule has 3 N–H and O–H groups in total. The van der Waals surface area contributed by atoms with Crippen LogP contribution in [0.25, 0.3) is 11.3 Å². The molecule has 0 unspecified atom stereocenters. The lowest BCUT2D eigenvalue weighted by atomic mass is 9.98. The zero-order valence-corrected chi connectivity index (χ0v) is 16.6. The van der Waals surface area contributed by atoms with Gasteiger partial charge in [0.15, 0.2) is 0 Å². The first-order valence-electron chi connectivity index (χ1n) is 9.58. The lowest BCUT2D eigenvalue weighted by Crippen LogP contribution is -2.08. The van der Waals surface area contributed by atoms with Crippen molar-refractivity contribution < 1.29 is 5.11 Å². The van der Waals surface area contributed by atoms with Crippen LogP contribution in [0.5, 0.6) is 0 Å². The quantitative estimate of drug-likeness (QED) is 0.501. The molecule has 28 heavy (non-hydrogen) atoms. The Kier molecular flexibility index (Phi) is 6.55. The summed E-state index contributed by atoms with van der Waals surface area (Å²) in [6.07, 6.45) is 4.14. The number of aromatic nitrogens is 3. The van der Waals surface area contributed by atoms with Crippen LogP contribution in [0.2, 0.25) is 0 Å². The van der Waals surface area contributed by atoms with Crippen LogP contribution in [-0.2, 0) is 0 Å². The zero-order valence-electron chi connectivity index (χ0n) is 16.6. The molecular weight excluding hydrogens is 350 g/mol. The number of hydrogen-bond donors (Lipinski definition) is 3. The SMILES string of the molecule is Cc1cc(Nc2cc(-c3ccncc3)nc(NCCCO)n2)ccc1C(C)C. The summed E-state index contributed by atoms with van der Waals surface area (Å²) in [6.45, 7) is 7.27. The Morgan fingerprint density at radius 1 is 1.04 bits per heavy atom. The van der Waals surface area contributed by atoms with E-state index in [1.54, 1.807) is 12.4 Å². The standard InChI is InChI=1S/C22H27N5O/c1-15(2)19-6-5-18(13-16(19)3)25-21-14-20(17-7-10-23-11-8-17)26-22(27-21)24-9-4-12-28/h5-8,10-11,13-15,28H,4,9,12H2,1-3H3,(H2,24,25,26,27). The maximum Gasteiger partial charge on any atom is 0.225 e. The normalized spacial score (nSPS) is 10.9. The third kappa shape index (κ3) is 5.04. The molecule has 2 heterocycles. The van der Waals surface area contributed by atoms with E-state index in [9.17, 15) is 0 Å². The van der Waals surface area contributed by atoms with E-state index in [1.807, 2.05) is 18.2 Å². The first-order chi connectivity index (χ1) is 13.6. The fourth-order valence-corrected chi connectivity index (χ4v) is 3.09. The van der Waals surface area contributed by atoms with E-state index in [1.165, 1.54) is 11.1 Å². The molecule has 3 rings (SSSR count). The van der Waals surface area contributed by atoms with Gasteiger partial charge in [-0.25, -0.2) is 4.98 Å². The van der Waals surface area contributed by atoms with Crippen molar-refractivity contribution in [1.29, 1.82) is 0 Å². The highest BCUT2D eigenvalue weighted by Crippen LogP contribution is 2.26. The second-order valence-electron chi connectivity index (χ2n) is 7.05. The Hall–Kier alpha value is -2.99. The van der Waals surface area contributed by atoms with Crippen molar-refractivity contribution in [3.63, 3.8) is 0 Å². The topological polar surface area (TPSA) is 83.0 Å². The highest BCUT2D eigenvalue weighted by molar-refractivity contribution is 5.67. The van der Waals surface area contributed by atoms with E-state index >= 15 is 0 Å². The molecule has 0 spiro atoms. The van der Waals surface area contributed by atoms with E-state index in [0.717, 1.165) is 16.9 Å².